The summed E-state index contributed by atoms with van der Waals surface area (Å²) in [6.07, 6.45) is 2.13. The van der Waals surface area contributed by atoms with Gasteiger partial charge in [0.1, 0.15) is 11.9 Å². The Morgan fingerprint density at radius 1 is 1.61 bits per heavy atom. The second-order valence-corrected chi connectivity index (χ2v) is 5.59. The van der Waals surface area contributed by atoms with Crippen molar-refractivity contribution in [3.8, 4) is 6.07 Å². The van der Waals surface area contributed by atoms with E-state index in [1.165, 1.54) is 4.68 Å². The standard InChI is InChI=1S/C12H19N5O/c1-12(2)5-4-6-17(9(12)7-13)8-10-14-11(18)16(3)15-10/h9H,4-6,8H2,1-3H3,(H,14,15,18). The van der Waals surface area contributed by atoms with Crippen LogP contribution in [-0.4, -0.2) is 32.3 Å². The Bertz CT molecular complexity index is 521. The van der Waals surface area contributed by atoms with Crippen molar-refractivity contribution in [1.82, 2.24) is 19.7 Å². The van der Waals surface area contributed by atoms with Crippen molar-refractivity contribution in [3.05, 3.63) is 16.3 Å². The van der Waals surface area contributed by atoms with Gasteiger partial charge in [-0.2, -0.15) is 10.4 Å². The molecular weight excluding hydrogens is 230 g/mol. The van der Waals surface area contributed by atoms with Crippen LogP contribution >= 0.6 is 0 Å². The zero-order valence-corrected chi connectivity index (χ0v) is 11.1. The lowest BCUT2D eigenvalue weighted by atomic mass is 9.77. The molecule has 0 bridgehead atoms. The van der Waals surface area contributed by atoms with E-state index in [0.29, 0.717) is 12.4 Å². The first-order valence-electron chi connectivity index (χ1n) is 6.20. The van der Waals surface area contributed by atoms with Gasteiger partial charge in [-0.05, 0) is 24.8 Å². The van der Waals surface area contributed by atoms with Crippen molar-refractivity contribution < 1.29 is 0 Å². The SMILES string of the molecule is Cn1nc(CN2CCCC(C)(C)C2C#N)[nH]c1=O. The van der Waals surface area contributed by atoms with Gasteiger partial charge < -0.3 is 0 Å². The first-order chi connectivity index (χ1) is 8.44. The number of hydrogen-bond acceptors (Lipinski definition) is 4. The molecule has 0 amide bonds. The van der Waals surface area contributed by atoms with Crippen molar-refractivity contribution in [1.29, 1.82) is 5.26 Å². The molecule has 1 aliphatic heterocycles. The first-order valence-corrected chi connectivity index (χ1v) is 6.20. The minimum atomic E-state index is -0.213. The Kier molecular flexibility index (Phi) is 3.26. The van der Waals surface area contributed by atoms with Crippen molar-refractivity contribution in [2.24, 2.45) is 12.5 Å². The Labute approximate surface area is 106 Å². The van der Waals surface area contributed by atoms with Crippen LogP contribution < -0.4 is 5.69 Å². The van der Waals surface area contributed by atoms with E-state index in [2.05, 4.69) is 34.9 Å². The Hall–Kier alpha value is -1.61. The van der Waals surface area contributed by atoms with Crippen LogP contribution in [0.5, 0.6) is 0 Å². The van der Waals surface area contributed by atoms with Crippen LogP contribution in [0.15, 0.2) is 4.79 Å². The number of likely N-dealkylation sites (tertiary alicyclic amines) is 1. The first kappa shape index (κ1) is 12.8. The smallest absolute Gasteiger partial charge is 0.292 e. The van der Waals surface area contributed by atoms with E-state index in [-0.39, 0.29) is 17.1 Å². The molecule has 2 heterocycles. The molecule has 18 heavy (non-hydrogen) atoms. The Morgan fingerprint density at radius 3 is 2.89 bits per heavy atom. The number of nitrogens with one attached hydrogen (secondary N) is 1. The third kappa shape index (κ3) is 2.31. The third-order valence-corrected chi connectivity index (χ3v) is 3.66. The largest absolute Gasteiger partial charge is 0.343 e. The Morgan fingerprint density at radius 2 is 2.33 bits per heavy atom. The number of nitrogens with zero attached hydrogens (tertiary/aromatic N) is 4. The molecule has 6 heteroatoms. The molecule has 98 valence electrons. The predicted octanol–water partition coefficient (Wildman–Crippen LogP) is 0.623. The number of nitriles is 1. The van der Waals surface area contributed by atoms with E-state index in [0.717, 1.165) is 19.4 Å². The molecule has 1 aromatic heterocycles. The van der Waals surface area contributed by atoms with Gasteiger partial charge in [-0.25, -0.2) is 9.48 Å². The number of aromatic amines is 1. The second-order valence-electron chi connectivity index (χ2n) is 5.59. The number of piperidine rings is 1. The van der Waals surface area contributed by atoms with Crippen LogP contribution in [0.4, 0.5) is 0 Å². The topological polar surface area (TPSA) is 77.7 Å². The lowest BCUT2D eigenvalue weighted by Gasteiger charge is -2.42. The summed E-state index contributed by atoms with van der Waals surface area (Å²) >= 11 is 0. The van der Waals surface area contributed by atoms with E-state index in [1.807, 2.05) is 0 Å². The molecule has 0 spiro atoms. The highest BCUT2D eigenvalue weighted by atomic mass is 16.1. The average molecular weight is 249 g/mol. The van der Waals surface area contributed by atoms with Crippen LogP contribution in [0.3, 0.4) is 0 Å². The molecule has 1 aromatic rings. The molecule has 1 unspecified atom stereocenters. The maximum Gasteiger partial charge on any atom is 0.343 e. The van der Waals surface area contributed by atoms with Crippen LogP contribution in [-0.2, 0) is 13.6 Å². The zero-order chi connectivity index (χ0) is 13.3. The lowest BCUT2D eigenvalue weighted by Crippen LogP contribution is -2.48. The van der Waals surface area contributed by atoms with Crippen LogP contribution in [0.1, 0.15) is 32.5 Å². The molecule has 6 nitrogen and oxygen atoms in total. The van der Waals surface area contributed by atoms with Crippen molar-refractivity contribution >= 4 is 0 Å². The Balaban J connectivity index is 2.17. The van der Waals surface area contributed by atoms with E-state index in [4.69, 9.17) is 0 Å². The number of aromatic nitrogens is 3. The van der Waals surface area contributed by atoms with E-state index in [1.54, 1.807) is 7.05 Å². The molecule has 0 aromatic carbocycles. The summed E-state index contributed by atoms with van der Waals surface area (Å²) in [5.41, 5.74) is -0.225. The van der Waals surface area contributed by atoms with E-state index >= 15 is 0 Å². The van der Waals surface area contributed by atoms with Crippen molar-refractivity contribution in [3.63, 3.8) is 0 Å². The summed E-state index contributed by atoms with van der Waals surface area (Å²) in [5, 5.41) is 13.5. The van der Waals surface area contributed by atoms with Gasteiger partial charge in [-0.3, -0.25) is 9.88 Å². The van der Waals surface area contributed by atoms with Gasteiger partial charge in [0.15, 0.2) is 0 Å². The molecule has 0 aliphatic carbocycles. The minimum absolute atomic E-state index is 0.0118. The molecule has 2 rings (SSSR count). The summed E-state index contributed by atoms with van der Waals surface area (Å²) in [4.78, 5) is 16.1. The zero-order valence-electron chi connectivity index (χ0n) is 11.1. The monoisotopic (exact) mass is 249 g/mol. The fraction of sp³-hybridized carbons (Fsp3) is 0.750. The van der Waals surface area contributed by atoms with Gasteiger partial charge >= 0.3 is 5.69 Å². The van der Waals surface area contributed by atoms with Gasteiger partial charge in [-0.15, -0.1) is 0 Å². The summed E-state index contributed by atoms with van der Waals surface area (Å²) in [6, 6.07) is 2.26. The normalized spacial score (nSPS) is 23.8. The van der Waals surface area contributed by atoms with Gasteiger partial charge in [0.25, 0.3) is 0 Å². The maximum atomic E-state index is 11.3. The summed E-state index contributed by atoms with van der Waals surface area (Å²) in [7, 11) is 1.62. The quantitative estimate of drug-likeness (QED) is 0.833. The fourth-order valence-electron chi connectivity index (χ4n) is 2.64. The molecule has 1 aliphatic rings. The van der Waals surface area contributed by atoms with Gasteiger partial charge in [0, 0.05) is 7.05 Å². The summed E-state index contributed by atoms with van der Waals surface area (Å²) < 4.78 is 1.28. The van der Waals surface area contributed by atoms with E-state index < -0.39 is 0 Å². The highest BCUT2D eigenvalue weighted by molar-refractivity contribution is 5.04. The number of aryl methyl sites for hydroxylation is 1. The predicted molar refractivity (Wildman–Crippen MR) is 66.7 cm³/mol. The number of rotatable bonds is 2. The van der Waals surface area contributed by atoms with E-state index in [9.17, 15) is 10.1 Å². The number of H-pyrrole nitrogens is 1. The average Bonchev–Trinajstić information content (AvgIpc) is 2.57. The second kappa shape index (κ2) is 4.58. The number of hydrogen-bond donors (Lipinski definition) is 1. The van der Waals surface area contributed by atoms with Crippen LogP contribution in [0, 0.1) is 16.7 Å². The van der Waals surface area contributed by atoms with Crippen LogP contribution in [0.25, 0.3) is 0 Å². The minimum Gasteiger partial charge on any atom is -0.292 e. The molecule has 1 saturated heterocycles. The van der Waals surface area contributed by atoms with Crippen molar-refractivity contribution in [2.45, 2.75) is 39.3 Å². The van der Waals surface area contributed by atoms with Gasteiger partial charge in [0.05, 0.1) is 12.6 Å². The third-order valence-electron chi connectivity index (χ3n) is 3.66. The van der Waals surface area contributed by atoms with Gasteiger partial charge in [0.2, 0.25) is 0 Å². The summed E-state index contributed by atoms with van der Waals surface area (Å²) in [6.45, 7) is 5.64. The lowest BCUT2D eigenvalue weighted by molar-refractivity contribution is 0.0641. The van der Waals surface area contributed by atoms with Crippen LogP contribution in [0.2, 0.25) is 0 Å². The molecule has 0 saturated carbocycles. The molecule has 1 atom stereocenters. The molecular formula is C12H19N5O. The molecule has 1 fully saturated rings. The molecule has 0 radical (unpaired) electrons. The fourth-order valence-corrected chi connectivity index (χ4v) is 2.64. The maximum absolute atomic E-state index is 11.3. The van der Waals surface area contributed by atoms with Crippen molar-refractivity contribution in [2.75, 3.05) is 6.54 Å². The highest BCUT2D eigenvalue weighted by Gasteiger charge is 2.37. The van der Waals surface area contributed by atoms with Gasteiger partial charge in [-0.1, -0.05) is 13.8 Å². The highest BCUT2D eigenvalue weighted by Crippen LogP contribution is 2.35. The summed E-state index contributed by atoms with van der Waals surface area (Å²) in [5.74, 6) is 0.625. The molecule has 1 N–H and O–H groups in total.